The van der Waals surface area contributed by atoms with Gasteiger partial charge >= 0.3 is 32.9 Å². The summed E-state index contributed by atoms with van der Waals surface area (Å²) in [7, 11) is 0. The van der Waals surface area contributed by atoms with Crippen LogP contribution in [0.2, 0.25) is 0 Å². The minimum Gasteiger partial charge on any atom is -0.338 e. The molecule has 0 amide bonds. The van der Waals surface area contributed by atoms with Crippen LogP contribution < -0.4 is 16.8 Å². The van der Waals surface area contributed by atoms with Gasteiger partial charge in [-0.3, -0.25) is 15.3 Å². The Morgan fingerprint density at radius 3 is 0.875 bits per heavy atom. The van der Waals surface area contributed by atoms with Crippen molar-refractivity contribution in [2.45, 2.75) is 62.3 Å². The van der Waals surface area contributed by atoms with Crippen molar-refractivity contribution in [3.05, 3.63) is 57.6 Å². The van der Waals surface area contributed by atoms with Gasteiger partial charge in [-0.15, -0.1) is 0 Å². The molecule has 3 rings (SSSR count). The molecule has 0 aliphatic rings. The van der Waals surface area contributed by atoms with Gasteiger partial charge in [0, 0.05) is 35.4 Å². The van der Waals surface area contributed by atoms with Gasteiger partial charge in [0.1, 0.15) is 0 Å². The second kappa shape index (κ2) is 14.7. The van der Waals surface area contributed by atoms with E-state index in [0.717, 1.165) is 16.8 Å². The molecule has 3 aromatic rings. The summed E-state index contributed by atoms with van der Waals surface area (Å²) in [5, 5.41) is 20.8. The predicted molar refractivity (Wildman–Crippen MR) is 135 cm³/mol. The van der Waals surface area contributed by atoms with Crippen molar-refractivity contribution in [3.63, 3.8) is 0 Å². The molecule has 175 valence electrons. The molecule has 0 bridgehead atoms. The van der Waals surface area contributed by atoms with Gasteiger partial charge < -0.3 is 20.8 Å². The first-order valence-electron chi connectivity index (χ1n) is 10.5. The Morgan fingerprint density at radius 1 is 0.562 bits per heavy atom. The second-order valence-corrected chi connectivity index (χ2v) is 11.2. The van der Waals surface area contributed by atoms with Gasteiger partial charge in [-0.25, -0.2) is 0 Å². The van der Waals surface area contributed by atoms with Crippen LogP contribution in [0.4, 0.5) is 0 Å². The fourth-order valence-electron chi connectivity index (χ4n) is 1.78. The Labute approximate surface area is 215 Å². The minimum absolute atomic E-state index is 0. The fraction of sp³-hybridized carbons (Fsp3) is 0.500. The maximum atomic E-state index is 3.97. The van der Waals surface area contributed by atoms with E-state index in [2.05, 4.69) is 114 Å². The quantitative estimate of drug-likeness (QED) is 0.364. The van der Waals surface area contributed by atoms with Crippen LogP contribution in [0.5, 0.6) is 0 Å². The zero-order valence-corrected chi connectivity index (χ0v) is 24.0. The molecule has 3 heterocycles. The van der Waals surface area contributed by atoms with E-state index in [9.17, 15) is 0 Å². The third kappa shape index (κ3) is 21.8. The van der Waals surface area contributed by atoms with Gasteiger partial charge in [-0.05, 0) is 18.2 Å². The third-order valence-electron chi connectivity index (χ3n) is 2.50. The summed E-state index contributed by atoms with van der Waals surface area (Å²) >= 11 is 0. The molecule has 0 aromatic carbocycles. The molecular weight excluding hydrogens is 474 g/mol. The van der Waals surface area contributed by atoms with Gasteiger partial charge in [0.2, 0.25) is 0 Å². The number of hydrogen-bond acceptors (Lipinski definition) is 3. The molecule has 0 fully saturated rings. The van der Waals surface area contributed by atoms with Gasteiger partial charge in [0.15, 0.2) is 0 Å². The number of aromatic nitrogens is 6. The van der Waals surface area contributed by atoms with E-state index in [0.29, 0.717) is 0 Å². The van der Waals surface area contributed by atoms with E-state index in [1.165, 1.54) is 0 Å². The topological polar surface area (TPSA) is 86.0 Å². The van der Waals surface area contributed by atoms with Crippen molar-refractivity contribution < 1.29 is 26.2 Å². The van der Waals surface area contributed by atoms with E-state index in [4.69, 9.17) is 0 Å². The zero-order chi connectivity index (χ0) is 24.3. The summed E-state index contributed by atoms with van der Waals surface area (Å²) in [4.78, 5) is 0. The zero-order valence-electron chi connectivity index (χ0n) is 21.5. The maximum absolute atomic E-state index is 3.97. The Morgan fingerprint density at radius 2 is 0.750 bits per heavy atom. The SMILES string of the molecule is [CH2-]C(C)(C)C.[CH2-]C(C)(C)C.[CH2-]C(C)(C)C.[Zr+3].c1cc(B(c2ccn[nH]2)c2ccn[nH]2)[nH]n1. The number of H-pyrrole nitrogens is 3. The summed E-state index contributed by atoms with van der Waals surface area (Å²) in [5.74, 6) is 0. The number of aromatic amines is 3. The summed E-state index contributed by atoms with van der Waals surface area (Å²) in [6, 6.07) is 5.81. The van der Waals surface area contributed by atoms with Gasteiger partial charge in [-0.2, -0.15) is 31.5 Å². The molecule has 3 aromatic heterocycles. The molecule has 0 unspecified atom stereocenters. The molecule has 32 heavy (non-hydrogen) atoms. The minimum atomic E-state index is 0. The third-order valence-corrected chi connectivity index (χ3v) is 2.50. The van der Waals surface area contributed by atoms with Crippen LogP contribution in [-0.4, -0.2) is 37.3 Å². The van der Waals surface area contributed by atoms with E-state index < -0.39 is 0 Å². The van der Waals surface area contributed by atoms with Crippen LogP contribution in [0.25, 0.3) is 0 Å². The molecule has 0 aliphatic heterocycles. The first-order chi connectivity index (χ1) is 13.9. The summed E-state index contributed by atoms with van der Waals surface area (Å²) in [6.07, 6.45) is 5.19. The number of nitrogens with one attached hydrogen (secondary N) is 3. The summed E-state index contributed by atoms with van der Waals surface area (Å²) < 4.78 is 0. The van der Waals surface area contributed by atoms with Crippen molar-refractivity contribution in [2.75, 3.05) is 0 Å². The predicted octanol–water partition coefficient (Wildman–Crippen LogP) is 3.97. The second-order valence-electron chi connectivity index (χ2n) is 11.2. The molecule has 6 nitrogen and oxygen atoms in total. The average Bonchev–Trinajstić information content (AvgIpc) is 3.27. The smallest absolute Gasteiger partial charge is 0.338 e. The Kier molecular flexibility index (Phi) is 15.0. The van der Waals surface area contributed by atoms with Crippen molar-refractivity contribution >= 4 is 23.5 Å². The average molecular weight is 517 g/mol. The van der Waals surface area contributed by atoms with Gasteiger partial charge in [-0.1, -0.05) is 62.3 Å². The van der Waals surface area contributed by atoms with Crippen LogP contribution >= 0.6 is 0 Å². The normalized spacial score (nSPS) is 10.9. The fourth-order valence-corrected chi connectivity index (χ4v) is 1.78. The number of rotatable bonds is 3. The largest absolute Gasteiger partial charge is 3.00 e. The van der Waals surface area contributed by atoms with Crippen LogP contribution in [-0.2, 0) is 26.2 Å². The number of hydrogen-bond donors (Lipinski definition) is 3. The molecule has 0 saturated carbocycles. The monoisotopic (exact) mass is 515 g/mol. The maximum Gasteiger partial charge on any atom is 3.00 e. The van der Waals surface area contributed by atoms with Crippen molar-refractivity contribution in [3.8, 4) is 0 Å². The molecule has 3 N–H and O–H groups in total. The van der Waals surface area contributed by atoms with Gasteiger partial charge in [0.25, 0.3) is 0 Å². The summed E-state index contributed by atoms with van der Waals surface area (Å²) in [5.41, 5.74) is 3.73. The molecule has 0 saturated heterocycles. The van der Waals surface area contributed by atoms with Crippen LogP contribution in [0, 0.1) is 37.0 Å². The molecule has 1 radical (unpaired) electrons. The number of nitrogens with zero attached hydrogens (tertiary/aromatic N) is 3. The first kappa shape index (κ1) is 32.8. The van der Waals surface area contributed by atoms with E-state index in [1.807, 2.05) is 18.2 Å². The Hall–Kier alpha value is -1.42. The van der Waals surface area contributed by atoms with Crippen molar-refractivity contribution in [2.24, 2.45) is 16.2 Å². The van der Waals surface area contributed by atoms with E-state index in [1.54, 1.807) is 18.6 Å². The Bertz CT molecular complexity index is 649. The molecule has 0 spiro atoms. The molecule has 0 aliphatic carbocycles. The van der Waals surface area contributed by atoms with Crippen LogP contribution in [0.3, 0.4) is 0 Å². The van der Waals surface area contributed by atoms with Gasteiger partial charge in [0.05, 0.1) is 0 Å². The van der Waals surface area contributed by atoms with E-state index >= 15 is 0 Å². The standard InChI is InChI=1S/C9H9BN6.3C5H11.Zr/c1-4-11-14-7(1)10(8-2-5-12-15-8)9-3-6-13-16-9;3*1-5(2,3)4;/h1-6H,(H,11,14)(H,12,15)(H,13,16);3*1H2,2-4H3;/q;3*-1;+3. The van der Waals surface area contributed by atoms with Crippen molar-refractivity contribution in [1.29, 1.82) is 0 Å². The summed E-state index contributed by atoms with van der Waals surface area (Å²) in [6.45, 7) is 30.0. The molecular formula is C24H42BN6Zr. The van der Waals surface area contributed by atoms with Crippen LogP contribution in [0.1, 0.15) is 62.3 Å². The Balaban J connectivity index is 0. The van der Waals surface area contributed by atoms with Crippen molar-refractivity contribution in [1.82, 2.24) is 30.6 Å². The molecule has 8 heteroatoms. The van der Waals surface area contributed by atoms with Crippen LogP contribution in [0.15, 0.2) is 36.8 Å². The van der Waals surface area contributed by atoms with E-state index in [-0.39, 0.29) is 49.2 Å². The first-order valence-corrected chi connectivity index (χ1v) is 10.5. The molecule has 0 atom stereocenters.